The number of likely N-dealkylation sites (tertiary alicyclic amines) is 2. The van der Waals surface area contributed by atoms with E-state index in [-0.39, 0.29) is 0 Å². The number of carbonyl (C=O) groups excluding carboxylic acids is 1. The summed E-state index contributed by atoms with van der Waals surface area (Å²) in [5.74, 6) is 2.37. The van der Waals surface area contributed by atoms with E-state index in [1.807, 2.05) is 0 Å². The highest BCUT2D eigenvalue weighted by Gasteiger charge is 2.42. The van der Waals surface area contributed by atoms with Crippen molar-refractivity contribution in [2.75, 3.05) is 26.2 Å². The lowest BCUT2D eigenvalue weighted by atomic mass is 9.83. The normalized spacial score (nSPS) is 32.5. The quantitative estimate of drug-likeness (QED) is 0.781. The van der Waals surface area contributed by atoms with Crippen molar-refractivity contribution in [2.45, 2.75) is 52.0 Å². The summed E-state index contributed by atoms with van der Waals surface area (Å²) < 4.78 is 0. The molecule has 0 radical (unpaired) electrons. The van der Waals surface area contributed by atoms with Crippen molar-refractivity contribution < 1.29 is 4.79 Å². The molecule has 1 aliphatic carbocycles. The predicted molar refractivity (Wildman–Crippen MR) is 76.8 cm³/mol. The van der Waals surface area contributed by atoms with E-state index in [0.717, 1.165) is 31.2 Å². The van der Waals surface area contributed by atoms with Crippen LogP contribution in [-0.4, -0.2) is 47.9 Å². The Morgan fingerprint density at radius 1 is 1.16 bits per heavy atom. The van der Waals surface area contributed by atoms with Gasteiger partial charge in [-0.1, -0.05) is 13.8 Å². The smallest absolute Gasteiger partial charge is 0.225 e. The van der Waals surface area contributed by atoms with Crippen LogP contribution in [0.4, 0.5) is 0 Å². The molecule has 0 aromatic carbocycles. The second-order valence-electron chi connectivity index (χ2n) is 7.22. The fourth-order valence-electron chi connectivity index (χ4n) is 4.00. The zero-order chi connectivity index (χ0) is 13.4. The maximum atomic E-state index is 12.4. The average molecular weight is 264 g/mol. The van der Waals surface area contributed by atoms with Gasteiger partial charge >= 0.3 is 0 Å². The van der Waals surface area contributed by atoms with Gasteiger partial charge in [0.15, 0.2) is 0 Å². The summed E-state index contributed by atoms with van der Waals surface area (Å²) in [5.41, 5.74) is 0. The van der Waals surface area contributed by atoms with E-state index in [2.05, 4.69) is 23.6 Å². The molecule has 2 saturated heterocycles. The summed E-state index contributed by atoms with van der Waals surface area (Å²) in [5, 5.41) is 0. The minimum Gasteiger partial charge on any atom is -0.339 e. The van der Waals surface area contributed by atoms with Gasteiger partial charge in [-0.15, -0.1) is 0 Å². The lowest BCUT2D eigenvalue weighted by Crippen LogP contribution is -2.56. The largest absolute Gasteiger partial charge is 0.339 e. The van der Waals surface area contributed by atoms with Crippen LogP contribution in [0.2, 0.25) is 0 Å². The molecule has 19 heavy (non-hydrogen) atoms. The van der Waals surface area contributed by atoms with Gasteiger partial charge in [-0.3, -0.25) is 4.79 Å². The van der Waals surface area contributed by atoms with Crippen molar-refractivity contribution >= 4 is 5.91 Å². The fraction of sp³-hybridized carbons (Fsp3) is 0.938. The Morgan fingerprint density at radius 3 is 2.63 bits per heavy atom. The van der Waals surface area contributed by atoms with Gasteiger partial charge in [0, 0.05) is 38.1 Å². The maximum Gasteiger partial charge on any atom is 0.225 e. The Balaban J connectivity index is 1.61. The van der Waals surface area contributed by atoms with Crippen molar-refractivity contribution in [3.8, 4) is 0 Å². The summed E-state index contributed by atoms with van der Waals surface area (Å²) in [4.78, 5) is 17.3. The molecular weight excluding hydrogens is 236 g/mol. The summed E-state index contributed by atoms with van der Waals surface area (Å²) in [7, 11) is 0. The van der Waals surface area contributed by atoms with Crippen LogP contribution < -0.4 is 0 Å². The molecule has 1 saturated carbocycles. The predicted octanol–water partition coefficient (Wildman–Crippen LogP) is 2.37. The van der Waals surface area contributed by atoms with E-state index in [9.17, 15) is 4.79 Å². The molecule has 2 atom stereocenters. The molecule has 0 aromatic heterocycles. The Labute approximate surface area is 117 Å². The highest BCUT2D eigenvalue weighted by molar-refractivity contribution is 5.81. The lowest BCUT2D eigenvalue weighted by molar-refractivity contribution is -0.139. The summed E-state index contributed by atoms with van der Waals surface area (Å²) >= 11 is 0. The van der Waals surface area contributed by atoms with Gasteiger partial charge < -0.3 is 9.80 Å². The highest BCUT2D eigenvalue weighted by Crippen LogP contribution is 2.37. The maximum absolute atomic E-state index is 12.4. The zero-order valence-corrected chi connectivity index (χ0v) is 12.5. The standard InChI is InChI=1S/C16H28N2O/c1-12(2)10-17-9-7-15-14(11-17)4-3-8-18(15)16(19)13-5-6-13/h12-15H,3-11H2,1-2H3/t14-,15+/m0/s1. The average Bonchev–Trinajstić information content (AvgIpc) is 3.20. The molecule has 2 heterocycles. The first-order valence-corrected chi connectivity index (χ1v) is 8.18. The van der Waals surface area contributed by atoms with E-state index >= 15 is 0 Å². The van der Waals surface area contributed by atoms with E-state index < -0.39 is 0 Å². The van der Waals surface area contributed by atoms with E-state index in [1.54, 1.807) is 0 Å². The van der Waals surface area contributed by atoms with Gasteiger partial charge in [-0.2, -0.15) is 0 Å². The number of amides is 1. The van der Waals surface area contributed by atoms with E-state index in [4.69, 9.17) is 0 Å². The molecule has 0 unspecified atom stereocenters. The minimum absolute atomic E-state index is 0.396. The monoisotopic (exact) mass is 264 g/mol. The van der Waals surface area contributed by atoms with Crippen LogP contribution in [0.1, 0.15) is 46.0 Å². The van der Waals surface area contributed by atoms with Crippen molar-refractivity contribution in [2.24, 2.45) is 17.8 Å². The van der Waals surface area contributed by atoms with Crippen LogP contribution in [0, 0.1) is 17.8 Å². The molecule has 0 N–H and O–H groups in total. The van der Waals surface area contributed by atoms with Crippen LogP contribution >= 0.6 is 0 Å². The SMILES string of the molecule is CC(C)CN1CC[C@@H]2[C@@H](CCCN2C(=O)C2CC2)C1. The van der Waals surface area contributed by atoms with Gasteiger partial charge in [0.1, 0.15) is 0 Å². The highest BCUT2D eigenvalue weighted by atomic mass is 16.2. The minimum atomic E-state index is 0.396. The number of piperidine rings is 2. The Kier molecular flexibility index (Phi) is 3.84. The molecule has 0 spiro atoms. The molecule has 3 heteroatoms. The van der Waals surface area contributed by atoms with Crippen LogP contribution in [0.15, 0.2) is 0 Å². The van der Waals surface area contributed by atoms with Crippen LogP contribution in [-0.2, 0) is 4.79 Å². The van der Waals surface area contributed by atoms with Crippen molar-refractivity contribution in [1.82, 2.24) is 9.80 Å². The Hall–Kier alpha value is -0.570. The van der Waals surface area contributed by atoms with E-state index in [0.29, 0.717) is 17.9 Å². The summed E-state index contributed by atoms with van der Waals surface area (Å²) in [6.45, 7) is 9.26. The third-order valence-corrected chi connectivity index (χ3v) is 4.99. The van der Waals surface area contributed by atoms with E-state index in [1.165, 1.54) is 38.9 Å². The first-order valence-electron chi connectivity index (χ1n) is 8.18. The van der Waals surface area contributed by atoms with Gasteiger partial charge in [-0.05, 0) is 43.9 Å². The van der Waals surface area contributed by atoms with Crippen LogP contribution in [0.3, 0.4) is 0 Å². The van der Waals surface area contributed by atoms with Gasteiger partial charge in [0.05, 0.1) is 0 Å². The third kappa shape index (κ3) is 2.96. The lowest BCUT2D eigenvalue weighted by Gasteiger charge is -2.47. The zero-order valence-electron chi connectivity index (χ0n) is 12.5. The van der Waals surface area contributed by atoms with Gasteiger partial charge in [-0.25, -0.2) is 0 Å². The second kappa shape index (κ2) is 5.43. The van der Waals surface area contributed by atoms with Crippen LogP contribution in [0.5, 0.6) is 0 Å². The molecule has 3 nitrogen and oxygen atoms in total. The van der Waals surface area contributed by atoms with Gasteiger partial charge in [0.2, 0.25) is 5.91 Å². The van der Waals surface area contributed by atoms with Crippen molar-refractivity contribution in [3.63, 3.8) is 0 Å². The first-order chi connectivity index (χ1) is 9.15. The number of carbonyl (C=O) groups is 1. The molecular formula is C16H28N2O. The summed E-state index contributed by atoms with van der Waals surface area (Å²) in [6, 6.07) is 0.560. The number of fused-ring (bicyclic) bond motifs is 1. The van der Waals surface area contributed by atoms with Crippen molar-refractivity contribution in [3.05, 3.63) is 0 Å². The fourth-order valence-corrected chi connectivity index (χ4v) is 4.00. The molecule has 1 amide bonds. The Bertz CT molecular complexity index is 338. The molecule has 108 valence electrons. The molecule has 0 aromatic rings. The molecule has 2 aliphatic heterocycles. The number of hydrogen-bond acceptors (Lipinski definition) is 2. The molecule has 0 bridgehead atoms. The molecule has 3 rings (SSSR count). The van der Waals surface area contributed by atoms with Crippen molar-refractivity contribution in [1.29, 1.82) is 0 Å². The summed E-state index contributed by atoms with van der Waals surface area (Å²) in [6.07, 6.45) is 6.04. The number of rotatable bonds is 3. The van der Waals surface area contributed by atoms with Gasteiger partial charge in [0.25, 0.3) is 0 Å². The molecule has 3 fully saturated rings. The second-order valence-corrected chi connectivity index (χ2v) is 7.22. The van der Waals surface area contributed by atoms with Crippen LogP contribution in [0.25, 0.3) is 0 Å². The first kappa shape index (κ1) is 13.4. The Morgan fingerprint density at radius 2 is 1.95 bits per heavy atom. The number of nitrogens with zero attached hydrogens (tertiary/aromatic N) is 2. The molecule has 3 aliphatic rings. The number of hydrogen-bond donors (Lipinski definition) is 0. The third-order valence-electron chi connectivity index (χ3n) is 4.99. The topological polar surface area (TPSA) is 23.6 Å².